The summed E-state index contributed by atoms with van der Waals surface area (Å²) < 4.78 is 18.8. The van der Waals surface area contributed by atoms with E-state index in [2.05, 4.69) is 0 Å². The van der Waals surface area contributed by atoms with Gasteiger partial charge in [-0.15, -0.1) is 0 Å². The van der Waals surface area contributed by atoms with E-state index in [0.29, 0.717) is 23.4 Å². The van der Waals surface area contributed by atoms with Gasteiger partial charge in [-0.05, 0) is 24.3 Å². The molecule has 0 aromatic heterocycles. The first-order valence-corrected chi connectivity index (χ1v) is 5.84. The SMILES string of the molecule is N#Cc1ccc(F)cc1COc1ccccc1CN. The summed E-state index contributed by atoms with van der Waals surface area (Å²) in [6.07, 6.45) is 0. The fraction of sp³-hybridized carbons (Fsp3) is 0.133. The summed E-state index contributed by atoms with van der Waals surface area (Å²) in [4.78, 5) is 0. The number of benzene rings is 2. The summed E-state index contributed by atoms with van der Waals surface area (Å²) in [7, 11) is 0. The molecule has 0 radical (unpaired) electrons. The zero-order valence-electron chi connectivity index (χ0n) is 10.3. The highest BCUT2D eigenvalue weighted by atomic mass is 19.1. The fourth-order valence-electron chi connectivity index (χ4n) is 1.76. The summed E-state index contributed by atoms with van der Waals surface area (Å²) in [5.41, 5.74) is 7.41. The van der Waals surface area contributed by atoms with E-state index in [1.54, 1.807) is 6.07 Å². The number of nitriles is 1. The minimum atomic E-state index is -0.385. The Balaban J connectivity index is 2.19. The van der Waals surface area contributed by atoms with E-state index in [-0.39, 0.29) is 12.4 Å². The summed E-state index contributed by atoms with van der Waals surface area (Å²) in [5.74, 6) is 0.267. The molecule has 0 heterocycles. The van der Waals surface area contributed by atoms with E-state index in [1.807, 2.05) is 24.3 Å². The molecule has 19 heavy (non-hydrogen) atoms. The number of hydrogen-bond donors (Lipinski definition) is 1. The van der Waals surface area contributed by atoms with Crippen LogP contribution in [-0.4, -0.2) is 0 Å². The predicted octanol–water partition coefficient (Wildman–Crippen LogP) is 2.74. The molecular formula is C15H13FN2O. The van der Waals surface area contributed by atoms with E-state index < -0.39 is 0 Å². The Hall–Kier alpha value is -2.38. The number of rotatable bonds is 4. The minimum absolute atomic E-state index is 0.137. The van der Waals surface area contributed by atoms with Crippen LogP contribution in [0.5, 0.6) is 5.75 Å². The van der Waals surface area contributed by atoms with Crippen LogP contribution in [0.3, 0.4) is 0 Å². The van der Waals surface area contributed by atoms with Crippen LogP contribution in [0, 0.1) is 17.1 Å². The van der Waals surface area contributed by atoms with Gasteiger partial charge in [0.05, 0.1) is 11.6 Å². The molecule has 0 bridgehead atoms. The highest BCUT2D eigenvalue weighted by molar-refractivity contribution is 5.38. The van der Waals surface area contributed by atoms with Crippen LogP contribution in [0.1, 0.15) is 16.7 Å². The molecule has 0 aliphatic rings. The van der Waals surface area contributed by atoms with Crippen molar-refractivity contribution in [3.63, 3.8) is 0 Å². The van der Waals surface area contributed by atoms with E-state index in [4.69, 9.17) is 15.7 Å². The largest absolute Gasteiger partial charge is 0.489 e. The summed E-state index contributed by atoms with van der Waals surface area (Å²) >= 11 is 0. The number of ether oxygens (including phenoxy) is 1. The topological polar surface area (TPSA) is 59.0 Å². The van der Waals surface area contributed by atoms with Gasteiger partial charge in [-0.25, -0.2) is 4.39 Å². The van der Waals surface area contributed by atoms with Gasteiger partial charge >= 0.3 is 0 Å². The van der Waals surface area contributed by atoms with Gasteiger partial charge in [-0.2, -0.15) is 5.26 Å². The highest BCUT2D eigenvalue weighted by Gasteiger charge is 2.06. The van der Waals surface area contributed by atoms with Gasteiger partial charge < -0.3 is 10.5 Å². The quantitative estimate of drug-likeness (QED) is 0.915. The van der Waals surface area contributed by atoms with E-state index in [1.165, 1.54) is 18.2 Å². The van der Waals surface area contributed by atoms with Crippen molar-refractivity contribution in [2.75, 3.05) is 0 Å². The van der Waals surface area contributed by atoms with Crippen molar-refractivity contribution >= 4 is 0 Å². The maximum Gasteiger partial charge on any atom is 0.124 e. The lowest BCUT2D eigenvalue weighted by atomic mass is 10.1. The van der Waals surface area contributed by atoms with Gasteiger partial charge in [0.25, 0.3) is 0 Å². The van der Waals surface area contributed by atoms with Gasteiger partial charge in [0.15, 0.2) is 0 Å². The van der Waals surface area contributed by atoms with Gasteiger partial charge in [0.1, 0.15) is 18.2 Å². The zero-order valence-corrected chi connectivity index (χ0v) is 10.3. The van der Waals surface area contributed by atoms with Crippen LogP contribution < -0.4 is 10.5 Å². The third-order valence-corrected chi connectivity index (χ3v) is 2.76. The van der Waals surface area contributed by atoms with Crippen molar-refractivity contribution in [1.82, 2.24) is 0 Å². The molecule has 96 valence electrons. The van der Waals surface area contributed by atoms with Crippen LogP contribution in [0.15, 0.2) is 42.5 Å². The minimum Gasteiger partial charge on any atom is -0.489 e. The third-order valence-electron chi connectivity index (χ3n) is 2.76. The first kappa shape index (κ1) is 13.1. The lowest BCUT2D eigenvalue weighted by Crippen LogP contribution is -2.04. The third kappa shape index (κ3) is 3.09. The molecule has 2 aromatic carbocycles. The average molecular weight is 256 g/mol. The molecule has 0 amide bonds. The highest BCUT2D eigenvalue weighted by Crippen LogP contribution is 2.20. The van der Waals surface area contributed by atoms with Gasteiger partial charge in [0.2, 0.25) is 0 Å². The molecule has 3 nitrogen and oxygen atoms in total. The summed E-state index contributed by atoms with van der Waals surface area (Å²) in [6.45, 7) is 0.502. The lowest BCUT2D eigenvalue weighted by Gasteiger charge is -2.11. The van der Waals surface area contributed by atoms with Crippen molar-refractivity contribution in [1.29, 1.82) is 5.26 Å². The molecule has 0 aliphatic heterocycles. The lowest BCUT2D eigenvalue weighted by molar-refractivity contribution is 0.302. The summed E-state index contributed by atoms with van der Waals surface area (Å²) in [5, 5.41) is 8.96. The van der Waals surface area contributed by atoms with Crippen LogP contribution >= 0.6 is 0 Å². The second-order valence-electron chi connectivity index (χ2n) is 4.01. The predicted molar refractivity (Wildman–Crippen MR) is 69.8 cm³/mol. The van der Waals surface area contributed by atoms with Crippen LogP contribution in [0.2, 0.25) is 0 Å². The smallest absolute Gasteiger partial charge is 0.124 e. The Morgan fingerprint density at radius 3 is 2.68 bits per heavy atom. The number of nitrogens with zero attached hydrogens (tertiary/aromatic N) is 1. The van der Waals surface area contributed by atoms with E-state index in [9.17, 15) is 4.39 Å². The Morgan fingerprint density at radius 1 is 1.16 bits per heavy atom. The Labute approximate surface area is 111 Å². The maximum atomic E-state index is 13.2. The van der Waals surface area contributed by atoms with Crippen molar-refractivity contribution in [3.8, 4) is 11.8 Å². The molecule has 2 aromatic rings. The van der Waals surface area contributed by atoms with Gasteiger partial charge in [-0.3, -0.25) is 0 Å². The number of hydrogen-bond acceptors (Lipinski definition) is 3. The first-order chi connectivity index (χ1) is 9.24. The van der Waals surface area contributed by atoms with Crippen molar-refractivity contribution in [2.45, 2.75) is 13.2 Å². The Kier molecular flexibility index (Phi) is 4.11. The second-order valence-corrected chi connectivity index (χ2v) is 4.01. The number of para-hydroxylation sites is 1. The van der Waals surface area contributed by atoms with Crippen LogP contribution in [0.4, 0.5) is 4.39 Å². The Morgan fingerprint density at radius 2 is 1.95 bits per heavy atom. The van der Waals surface area contributed by atoms with Gasteiger partial charge in [0, 0.05) is 17.7 Å². The molecule has 0 aliphatic carbocycles. The zero-order chi connectivity index (χ0) is 13.7. The van der Waals surface area contributed by atoms with Crippen LogP contribution in [-0.2, 0) is 13.2 Å². The molecule has 0 unspecified atom stereocenters. The molecular weight excluding hydrogens is 243 g/mol. The van der Waals surface area contributed by atoms with Crippen molar-refractivity contribution in [2.24, 2.45) is 5.73 Å². The molecule has 2 N–H and O–H groups in total. The molecule has 0 saturated carbocycles. The number of halogens is 1. The summed E-state index contributed by atoms with van der Waals surface area (Å²) in [6, 6.07) is 13.4. The molecule has 4 heteroatoms. The van der Waals surface area contributed by atoms with Crippen molar-refractivity contribution in [3.05, 3.63) is 65.0 Å². The average Bonchev–Trinajstić information content (AvgIpc) is 2.45. The van der Waals surface area contributed by atoms with Crippen LogP contribution in [0.25, 0.3) is 0 Å². The van der Waals surface area contributed by atoms with E-state index in [0.717, 1.165) is 5.56 Å². The molecule has 0 fully saturated rings. The maximum absolute atomic E-state index is 13.2. The van der Waals surface area contributed by atoms with E-state index >= 15 is 0 Å². The monoisotopic (exact) mass is 256 g/mol. The molecule has 2 rings (SSSR count). The first-order valence-electron chi connectivity index (χ1n) is 5.84. The normalized spacial score (nSPS) is 9.95. The molecule has 0 spiro atoms. The molecule has 0 saturated heterocycles. The van der Waals surface area contributed by atoms with Gasteiger partial charge in [-0.1, -0.05) is 18.2 Å². The fourth-order valence-corrected chi connectivity index (χ4v) is 1.76. The second kappa shape index (κ2) is 5.98. The van der Waals surface area contributed by atoms with Crippen molar-refractivity contribution < 1.29 is 9.13 Å². The number of nitrogens with two attached hydrogens (primary N) is 1. The standard InChI is InChI=1S/C15H13FN2O/c16-14-6-5-11(8-17)13(7-14)10-19-15-4-2-1-3-12(15)9-18/h1-7H,9-10,18H2. The molecule has 0 atom stereocenters. The Bertz CT molecular complexity index is 620.